The molecule has 0 spiro atoms. The zero-order valence-electron chi connectivity index (χ0n) is 12.2. The molecule has 5 heteroatoms. The van der Waals surface area contributed by atoms with Gasteiger partial charge in [0, 0.05) is 37.9 Å². The smallest absolute Gasteiger partial charge is 0.257 e. The van der Waals surface area contributed by atoms with Crippen molar-refractivity contribution in [3.63, 3.8) is 0 Å². The fourth-order valence-corrected chi connectivity index (χ4v) is 2.51. The zero-order chi connectivity index (χ0) is 14.5. The van der Waals surface area contributed by atoms with Crippen molar-refractivity contribution in [2.45, 2.75) is 32.8 Å². The molecule has 0 radical (unpaired) electrons. The number of anilines is 1. The maximum absolute atomic E-state index is 12.6. The molecule has 1 aromatic heterocycles. The van der Waals surface area contributed by atoms with Crippen LogP contribution in [-0.4, -0.2) is 46.6 Å². The molecule has 1 saturated heterocycles. The van der Waals surface area contributed by atoms with Gasteiger partial charge in [0.05, 0.1) is 17.4 Å². The van der Waals surface area contributed by atoms with Crippen LogP contribution in [0.2, 0.25) is 0 Å². The first kappa shape index (κ1) is 14.8. The number of pyridine rings is 1. The van der Waals surface area contributed by atoms with E-state index < -0.39 is 0 Å². The minimum absolute atomic E-state index is 0.000136. The fraction of sp³-hybridized carbons (Fsp3) is 0.600. The third-order valence-electron chi connectivity index (χ3n) is 3.81. The molecule has 0 aromatic carbocycles. The van der Waals surface area contributed by atoms with Crippen molar-refractivity contribution in [1.82, 2.24) is 9.88 Å². The molecule has 1 aliphatic rings. The number of nitrogens with one attached hydrogen (secondary N) is 1. The maximum Gasteiger partial charge on any atom is 0.257 e. The van der Waals surface area contributed by atoms with Crippen LogP contribution in [0.5, 0.6) is 0 Å². The number of carbonyl (C=O) groups excluding carboxylic acids is 1. The molecule has 20 heavy (non-hydrogen) atoms. The quantitative estimate of drug-likeness (QED) is 0.860. The second-order valence-corrected chi connectivity index (χ2v) is 5.39. The number of likely N-dealkylation sites (tertiary alicyclic amines) is 1. The lowest BCUT2D eigenvalue weighted by molar-refractivity contribution is 0.0763. The molecule has 0 aliphatic carbocycles. The summed E-state index contributed by atoms with van der Waals surface area (Å²) >= 11 is 0. The summed E-state index contributed by atoms with van der Waals surface area (Å²) in [4.78, 5) is 18.4. The molecule has 2 rings (SSSR count). The van der Waals surface area contributed by atoms with E-state index in [1.807, 2.05) is 11.0 Å². The Hall–Kier alpha value is -1.62. The van der Waals surface area contributed by atoms with Crippen LogP contribution in [0, 0.1) is 5.92 Å². The molecule has 0 saturated carbocycles. The highest BCUT2D eigenvalue weighted by atomic mass is 16.3. The minimum atomic E-state index is -0.362. The van der Waals surface area contributed by atoms with E-state index in [1.165, 1.54) is 0 Å². The first-order valence-corrected chi connectivity index (χ1v) is 7.28. The van der Waals surface area contributed by atoms with Crippen molar-refractivity contribution < 1.29 is 9.90 Å². The topological polar surface area (TPSA) is 65.5 Å². The van der Waals surface area contributed by atoms with Crippen molar-refractivity contribution in [2.75, 3.05) is 25.0 Å². The largest absolute Gasteiger partial charge is 0.393 e. The highest BCUT2D eigenvalue weighted by Gasteiger charge is 2.30. The van der Waals surface area contributed by atoms with Crippen LogP contribution in [0.25, 0.3) is 0 Å². The monoisotopic (exact) mass is 277 g/mol. The summed E-state index contributed by atoms with van der Waals surface area (Å²) in [7, 11) is 0. The average Bonchev–Trinajstić information content (AvgIpc) is 2.94. The van der Waals surface area contributed by atoms with E-state index in [0.717, 1.165) is 25.1 Å². The van der Waals surface area contributed by atoms with Crippen LogP contribution in [0.15, 0.2) is 18.5 Å². The summed E-state index contributed by atoms with van der Waals surface area (Å²) in [6.45, 7) is 6.04. The molecule has 2 N–H and O–H groups in total. The van der Waals surface area contributed by atoms with Gasteiger partial charge in [-0.3, -0.25) is 9.78 Å². The first-order valence-electron chi connectivity index (χ1n) is 7.28. The van der Waals surface area contributed by atoms with E-state index in [1.54, 1.807) is 19.3 Å². The third kappa shape index (κ3) is 3.28. The van der Waals surface area contributed by atoms with Crippen LogP contribution in [0.3, 0.4) is 0 Å². The van der Waals surface area contributed by atoms with Gasteiger partial charge in [-0.1, -0.05) is 6.92 Å². The molecular formula is C15H23N3O2. The number of rotatable bonds is 5. The molecule has 1 fully saturated rings. The second kappa shape index (κ2) is 6.70. The number of aliphatic hydroxyl groups excluding tert-OH is 1. The van der Waals surface area contributed by atoms with Gasteiger partial charge in [0.15, 0.2) is 0 Å². The van der Waals surface area contributed by atoms with Gasteiger partial charge in [0.1, 0.15) is 0 Å². The normalized spacial score (nSPS) is 19.9. The van der Waals surface area contributed by atoms with Crippen LogP contribution in [0.1, 0.15) is 37.0 Å². The van der Waals surface area contributed by atoms with Crippen molar-refractivity contribution in [3.05, 3.63) is 24.0 Å². The lowest BCUT2D eigenvalue weighted by Crippen LogP contribution is -2.31. The number of carbonyl (C=O) groups is 1. The number of aromatic nitrogens is 1. The molecule has 1 aliphatic heterocycles. The van der Waals surface area contributed by atoms with Crippen LogP contribution < -0.4 is 5.32 Å². The minimum Gasteiger partial charge on any atom is -0.393 e. The lowest BCUT2D eigenvalue weighted by Gasteiger charge is -2.19. The predicted molar refractivity (Wildman–Crippen MR) is 78.7 cm³/mol. The fourth-order valence-electron chi connectivity index (χ4n) is 2.51. The average molecular weight is 277 g/mol. The van der Waals surface area contributed by atoms with Crippen LogP contribution in [-0.2, 0) is 0 Å². The van der Waals surface area contributed by atoms with Gasteiger partial charge in [-0.05, 0) is 25.8 Å². The van der Waals surface area contributed by atoms with Crippen LogP contribution >= 0.6 is 0 Å². The van der Waals surface area contributed by atoms with E-state index in [2.05, 4.69) is 17.2 Å². The van der Waals surface area contributed by atoms with E-state index in [9.17, 15) is 9.90 Å². The first-order chi connectivity index (χ1) is 9.63. The third-order valence-corrected chi connectivity index (χ3v) is 3.81. The Kier molecular flexibility index (Phi) is 4.95. The van der Waals surface area contributed by atoms with E-state index in [-0.39, 0.29) is 17.9 Å². The Morgan fingerprint density at radius 3 is 3.10 bits per heavy atom. The molecule has 1 amide bonds. The Labute approximate surface area is 120 Å². The van der Waals surface area contributed by atoms with E-state index in [4.69, 9.17) is 0 Å². The van der Waals surface area contributed by atoms with Gasteiger partial charge >= 0.3 is 0 Å². The Balaban J connectivity index is 2.09. The molecular weight excluding hydrogens is 254 g/mol. The molecule has 0 bridgehead atoms. The molecule has 2 heterocycles. The van der Waals surface area contributed by atoms with Crippen molar-refractivity contribution >= 4 is 11.6 Å². The summed E-state index contributed by atoms with van der Waals surface area (Å²) in [6, 6.07) is 1.84. The number of amides is 1. The molecule has 2 atom stereocenters. The van der Waals surface area contributed by atoms with Gasteiger partial charge in [0.2, 0.25) is 0 Å². The SMILES string of the molecule is CCCNc1ccncc1C(=O)N1CCC(C(C)O)C1. The number of hydrogen-bond donors (Lipinski definition) is 2. The summed E-state index contributed by atoms with van der Waals surface area (Å²) in [5, 5.41) is 12.9. The van der Waals surface area contributed by atoms with Gasteiger partial charge < -0.3 is 15.3 Å². The van der Waals surface area contributed by atoms with Crippen molar-refractivity contribution in [3.8, 4) is 0 Å². The Morgan fingerprint density at radius 1 is 1.65 bits per heavy atom. The standard InChI is InChI=1S/C15H23N3O2/c1-3-6-17-14-4-7-16-9-13(14)15(20)18-8-5-12(10-18)11(2)19/h4,7,9,11-12,19H,3,5-6,8,10H2,1-2H3,(H,16,17). The van der Waals surface area contributed by atoms with Gasteiger partial charge in [-0.2, -0.15) is 0 Å². The molecule has 5 nitrogen and oxygen atoms in total. The van der Waals surface area contributed by atoms with E-state index >= 15 is 0 Å². The van der Waals surface area contributed by atoms with E-state index in [0.29, 0.717) is 18.7 Å². The lowest BCUT2D eigenvalue weighted by atomic mass is 10.0. The van der Waals surface area contributed by atoms with Crippen molar-refractivity contribution in [2.24, 2.45) is 5.92 Å². The highest BCUT2D eigenvalue weighted by molar-refractivity contribution is 5.99. The molecule has 2 unspecified atom stereocenters. The zero-order valence-corrected chi connectivity index (χ0v) is 12.2. The number of hydrogen-bond acceptors (Lipinski definition) is 4. The second-order valence-electron chi connectivity index (χ2n) is 5.39. The molecule has 1 aromatic rings. The Morgan fingerprint density at radius 2 is 2.45 bits per heavy atom. The Bertz CT molecular complexity index is 462. The maximum atomic E-state index is 12.6. The van der Waals surface area contributed by atoms with Crippen molar-refractivity contribution in [1.29, 1.82) is 0 Å². The van der Waals surface area contributed by atoms with Crippen LogP contribution in [0.4, 0.5) is 5.69 Å². The summed E-state index contributed by atoms with van der Waals surface area (Å²) in [5.74, 6) is 0.183. The highest BCUT2D eigenvalue weighted by Crippen LogP contribution is 2.23. The number of nitrogens with zero attached hydrogens (tertiary/aromatic N) is 2. The predicted octanol–water partition coefficient (Wildman–Crippen LogP) is 1.75. The summed E-state index contributed by atoms with van der Waals surface area (Å²) in [5.41, 5.74) is 1.46. The summed E-state index contributed by atoms with van der Waals surface area (Å²) in [6.07, 6.45) is 4.82. The molecule has 110 valence electrons. The van der Waals surface area contributed by atoms with Gasteiger partial charge in [0.25, 0.3) is 5.91 Å². The van der Waals surface area contributed by atoms with Gasteiger partial charge in [-0.25, -0.2) is 0 Å². The summed E-state index contributed by atoms with van der Waals surface area (Å²) < 4.78 is 0. The number of aliphatic hydroxyl groups is 1. The van der Waals surface area contributed by atoms with Gasteiger partial charge in [-0.15, -0.1) is 0 Å².